The molecule has 4 nitrogen and oxygen atoms in total. The van der Waals surface area contributed by atoms with Gasteiger partial charge in [-0.15, -0.1) is 0 Å². The lowest BCUT2D eigenvalue weighted by molar-refractivity contribution is 0.571. The Hall–Kier alpha value is -1.73. The van der Waals surface area contributed by atoms with E-state index < -0.39 is 17.8 Å². The van der Waals surface area contributed by atoms with E-state index in [-0.39, 0.29) is 5.29 Å². The zero-order valence-corrected chi connectivity index (χ0v) is 13.7. The molecule has 1 atom stereocenters. The summed E-state index contributed by atoms with van der Waals surface area (Å²) in [5.41, 5.74) is 1.28. The standard InChI is InChI=1S/C14H10BrClF2N4/c1-22(9-3-7(15)2-8(17)4-9)13-12-10(18)5-19-6-11(12)20-14(16)21-13/h2-6,13H,1H3,(H,20,21). The van der Waals surface area contributed by atoms with Gasteiger partial charge >= 0.3 is 0 Å². The molecular weight excluding hydrogens is 378 g/mol. The molecule has 0 spiro atoms. The van der Waals surface area contributed by atoms with Crippen LogP contribution in [0.25, 0.3) is 0 Å². The molecule has 3 rings (SSSR count). The first-order valence-electron chi connectivity index (χ1n) is 6.28. The van der Waals surface area contributed by atoms with Crippen LogP contribution >= 0.6 is 27.5 Å². The van der Waals surface area contributed by atoms with Crippen molar-refractivity contribution in [2.45, 2.75) is 6.17 Å². The number of hydrogen-bond acceptors (Lipinski definition) is 4. The lowest BCUT2D eigenvalue weighted by Gasteiger charge is -2.31. The van der Waals surface area contributed by atoms with Gasteiger partial charge in [0.1, 0.15) is 5.82 Å². The Morgan fingerprint density at radius 3 is 2.77 bits per heavy atom. The summed E-state index contributed by atoms with van der Waals surface area (Å²) >= 11 is 9.20. The SMILES string of the molecule is CN(c1cc(F)cc(Br)c1)C1N=C(Cl)Nc2cncc(F)c21. The number of halogens is 4. The molecule has 1 unspecified atom stereocenters. The van der Waals surface area contributed by atoms with E-state index in [4.69, 9.17) is 11.6 Å². The third kappa shape index (κ3) is 2.78. The van der Waals surface area contributed by atoms with Crippen LogP contribution in [-0.2, 0) is 0 Å². The molecule has 0 saturated carbocycles. The van der Waals surface area contributed by atoms with Crippen LogP contribution in [0.1, 0.15) is 11.7 Å². The largest absolute Gasteiger partial charge is 0.349 e. The van der Waals surface area contributed by atoms with E-state index >= 15 is 0 Å². The minimum Gasteiger partial charge on any atom is -0.349 e. The maximum Gasteiger partial charge on any atom is 0.198 e. The van der Waals surface area contributed by atoms with Gasteiger partial charge in [0.2, 0.25) is 0 Å². The second-order valence-corrected chi connectivity index (χ2v) is 6.01. The van der Waals surface area contributed by atoms with Crippen LogP contribution < -0.4 is 10.2 Å². The van der Waals surface area contributed by atoms with Crippen LogP contribution in [0, 0.1) is 11.6 Å². The van der Waals surface area contributed by atoms with Crippen molar-refractivity contribution in [2.75, 3.05) is 17.3 Å². The number of fused-ring (bicyclic) bond motifs is 1. The van der Waals surface area contributed by atoms with Gasteiger partial charge in [-0.05, 0) is 29.8 Å². The minimum absolute atomic E-state index is 0.118. The lowest BCUT2D eigenvalue weighted by Crippen LogP contribution is -2.29. The van der Waals surface area contributed by atoms with Crippen molar-refractivity contribution in [3.8, 4) is 0 Å². The monoisotopic (exact) mass is 386 g/mol. The number of anilines is 2. The average molecular weight is 388 g/mol. The molecule has 1 aliphatic rings. The summed E-state index contributed by atoms with van der Waals surface area (Å²) in [6.45, 7) is 0. The molecule has 0 radical (unpaired) electrons. The summed E-state index contributed by atoms with van der Waals surface area (Å²) in [5, 5.41) is 2.88. The van der Waals surface area contributed by atoms with Crippen LogP contribution in [0.5, 0.6) is 0 Å². The van der Waals surface area contributed by atoms with Gasteiger partial charge in [0.25, 0.3) is 0 Å². The number of hydrogen-bond donors (Lipinski definition) is 1. The topological polar surface area (TPSA) is 40.5 Å². The lowest BCUT2D eigenvalue weighted by atomic mass is 10.1. The summed E-state index contributed by atoms with van der Waals surface area (Å²) < 4.78 is 28.3. The zero-order valence-electron chi connectivity index (χ0n) is 11.3. The second-order valence-electron chi connectivity index (χ2n) is 4.74. The molecule has 114 valence electrons. The fourth-order valence-electron chi connectivity index (χ4n) is 2.29. The van der Waals surface area contributed by atoms with E-state index in [0.717, 1.165) is 6.20 Å². The van der Waals surface area contributed by atoms with Gasteiger partial charge in [-0.1, -0.05) is 15.9 Å². The van der Waals surface area contributed by atoms with Gasteiger partial charge in [0, 0.05) is 17.2 Å². The van der Waals surface area contributed by atoms with E-state index in [1.807, 2.05) is 0 Å². The molecule has 2 aromatic rings. The van der Waals surface area contributed by atoms with Gasteiger partial charge in [0.05, 0.1) is 23.6 Å². The quantitative estimate of drug-likeness (QED) is 0.782. The third-order valence-electron chi connectivity index (χ3n) is 3.29. The Bertz CT molecular complexity index is 748. The fraction of sp³-hybridized carbons (Fsp3) is 0.143. The first kappa shape index (κ1) is 15.2. The number of aromatic nitrogens is 1. The number of pyridine rings is 1. The first-order valence-corrected chi connectivity index (χ1v) is 7.45. The number of nitrogens with zero attached hydrogens (tertiary/aromatic N) is 3. The maximum absolute atomic E-state index is 14.2. The highest BCUT2D eigenvalue weighted by Gasteiger charge is 2.28. The summed E-state index contributed by atoms with van der Waals surface area (Å²) in [7, 11) is 1.69. The Morgan fingerprint density at radius 2 is 2.05 bits per heavy atom. The normalized spacial score (nSPS) is 16.6. The van der Waals surface area contributed by atoms with E-state index in [1.54, 1.807) is 18.0 Å². The van der Waals surface area contributed by atoms with Crippen molar-refractivity contribution >= 4 is 44.2 Å². The minimum atomic E-state index is -0.722. The zero-order chi connectivity index (χ0) is 15.9. The molecule has 1 aromatic heterocycles. The molecule has 2 heterocycles. The van der Waals surface area contributed by atoms with Crippen molar-refractivity contribution in [1.29, 1.82) is 0 Å². The number of nitrogens with one attached hydrogen (secondary N) is 1. The second kappa shape index (κ2) is 5.81. The molecule has 0 amide bonds. The molecule has 1 aromatic carbocycles. The molecule has 0 bridgehead atoms. The van der Waals surface area contributed by atoms with Gasteiger partial charge in [-0.25, -0.2) is 13.8 Å². The van der Waals surface area contributed by atoms with E-state index in [0.29, 0.717) is 21.4 Å². The Balaban J connectivity index is 2.08. The van der Waals surface area contributed by atoms with Gasteiger partial charge in [-0.2, -0.15) is 0 Å². The molecule has 1 N–H and O–H groups in total. The van der Waals surface area contributed by atoms with E-state index in [9.17, 15) is 8.78 Å². The molecule has 1 aliphatic heterocycles. The van der Waals surface area contributed by atoms with Gasteiger partial charge in [-0.3, -0.25) is 4.98 Å². The Morgan fingerprint density at radius 1 is 1.27 bits per heavy atom. The highest BCUT2D eigenvalue weighted by Crippen LogP contribution is 2.37. The molecule has 0 aliphatic carbocycles. The van der Waals surface area contributed by atoms with Crippen molar-refractivity contribution < 1.29 is 8.78 Å². The number of benzene rings is 1. The van der Waals surface area contributed by atoms with Crippen LogP contribution in [0.4, 0.5) is 20.2 Å². The smallest absolute Gasteiger partial charge is 0.198 e. The summed E-state index contributed by atoms with van der Waals surface area (Å²) in [6, 6.07) is 4.40. The van der Waals surface area contributed by atoms with Crippen molar-refractivity contribution in [3.05, 3.63) is 52.3 Å². The molecule has 22 heavy (non-hydrogen) atoms. The van der Waals surface area contributed by atoms with Crippen LogP contribution in [0.3, 0.4) is 0 Å². The predicted octanol–water partition coefficient (Wildman–Crippen LogP) is 4.28. The molecule has 8 heteroatoms. The highest BCUT2D eigenvalue weighted by atomic mass is 79.9. The van der Waals surface area contributed by atoms with Crippen molar-refractivity contribution in [2.24, 2.45) is 4.99 Å². The Labute approximate surface area is 139 Å². The molecular formula is C14H10BrClF2N4. The number of amidine groups is 1. The number of aliphatic imine (C=N–C) groups is 1. The predicted molar refractivity (Wildman–Crippen MR) is 86.3 cm³/mol. The van der Waals surface area contributed by atoms with Gasteiger partial charge in [0.15, 0.2) is 17.3 Å². The summed E-state index contributed by atoms with van der Waals surface area (Å²) in [5.74, 6) is -0.916. The third-order valence-corrected chi connectivity index (χ3v) is 3.94. The first-order chi connectivity index (χ1) is 10.5. The van der Waals surface area contributed by atoms with E-state index in [1.165, 1.54) is 18.3 Å². The number of rotatable bonds is 2. The average Bonchev–Trinajstić information content (AvgIpc) is 2.44. The van der Waals surface area contributed by atoms with Crippen LogP contribution in [0.15, 0.2) is 40.1 Å². The molecule has 0 saturated heterocycles. The molecule has 0 fully saturated rings. The highest BCUT2D eigenvalue weighted by molar-refractivity contribution is 9.10. The maximum atomic E-state index is 14.2. The summed E-state index contributed by atoms with van der Waals surface area (Å²) in [6.07, 6.45) is 1.86. The van der Waals surface area contributed by atoms with E-state index in [2.05, 4.69) is 31.2 Å². The summed E-state index contributed by atoms with van der Waals surface area (Å²) in [4.78, 5) is 9.64. The fourth-order valence-corrected chi connectivity index (χ4v) is 2.93. The van der Waals surface area contributed by atoms with Crippen LogP contribution in [0.2, 0.25) is 0 Å². The van der Waals surface area contributed by atoms with Crippen molar-refractivity contribution in [3.63, 3.8) is 0 Å². The Kier molecular flexibility index (Phi) is 4.01. The van der Waals surface area contributed by atoms with Crippen LogP contribution in [-0.4, -0.2) is 17.3 Å². The van der Waals surface area contributed by atoms with Crippen molar-refractivity contribution in [1.82, 2.24) is 4.98 Å². The van der Waals surface area contributed by atoms with Gasteiger partial charge < -0.3 is 10.2 Å².